The normalized spacial score (nSPS) is 13.1. The minimum absolute atomic E-state index is 0.239. The summed E-state index contributed by atoms with van der Waals surface area (Å²) in [6, 6.07) is 12.3. The van der Waals surface area contributed by atoms with Crippen molar-refractivity contribution < 1.29 is 5.11 Å². The summed E-state index contributed by atoms with van der Waals surface area (Å²) in [5.74, 6) is 0. The van der Waals surface area contributed by atoms with E-state index in [-0.39, 0.29) is 6.10 Å². The lowest BCUT2D eigenvalue weighted by molar-refractivity contribution is 0.162. The Kier molecular flexibility index (Phi) is 4.28. The maximum absolute atomic E-state index is 9.27. The van der Waals surface area contributed by atoms with Crippen LogP contribution in [-0.4, -0.2) is 34.7 Å². The summed E-state index contributed by atoms with van der Waals surface area (Å²) in [5.41, 5.74) is 2.11. The number of fused-ring (bicyclic) bond motifs is 1. The number of para-hydroxylation sites is 1. The van der Waals surface area contributed by atoms with E-state index in [1.165, 1.54) is 5.39 Å². The summed E-state index contributed by atoms with van der Waals surface area (Å²) in [5, 5.41) is 10.4. The molecule has 1 unspecified atom stereocenters. The minimum atomic E-state index is -0.239. The summed E-state index contributed by atoms with van der Waals surface area (Å²) in [6.45, 7) is 3.52. The third-order valence-corrected chi connectivity index (χ3v) is 3.02. The zero-order valence-electron chi connectivity index (χ0n) is 11.0. The van der Waals surface area contributed by atoms with E-state index in [2.05, 4.69) is 35.1 Å². The highest BCUT2D eigenvalue weighted by Crippen LogP contribution is 2.12. The molecule has 1 N–H and O–H groups in total. The van der Waals surface area contributed by atoms with Gasteiger partial charge in [-0.15, -0.1) is 0 Å². The van der Waals surface area contributed by atoms with E-state index in [4.69, 9.17) is 0 Å². The van der Waals surface area contributed by atoms with Crippen LogP contribution in [0.1, 0.15) is 19.0 Å². The Labute approximate surface area is 108 Å². The fraction of sp³-hybridized carbons (Fsp3) is 0.400. The number of benzene rings is 1. The second kappa shape index (κ2) is 5.94. The lowest BCUT2D eigenvalue weighted by Gasteiger charge is -2.17. The van der Waals surface area contributed by atoms with Gasteiger partial charge >= 0.3 is 0 Å². The third kappa shape index (κ3) is 3.52. The molecule has 18 heavy (non-hydrogen) atoms. The van der Waals surface area contributed by atoms with Crippen molar-refractivity contribution in [3.05, 3.63) is 42.1 Å². The summed E-state index contributed by atoms with van der Waals surface area (Å²) >= 11 is 0. The van der Waals surface area contributed by atoms with Gasteiger partial charge in [0.2, 0.25) is 0 Å². The topological polar surface area (TPSA) is 36.4 Å². The van der Waals surface area contributed by atoms with Gasteiger partial charge in [-0.05, 0) is 32.5 Å². The Morgan fingerprint density at radius 2 is 2.00 bits per heavy atom. The van der Waals surface area contributed by atoms with Crippen molar-refractivity contribution >= 4 is 10.9 Å². The molecule has 0 aliphatic heterocycles. The van der Waals surface area contributed by atoms with Crippen LogP contribution in [0.4, 0.5) is 0 Å². The Morgan fingerprint density at radius 3 is 2.78 bits per heavy atom. The molecule has 3 heteroatoms. The summed E-state index contributed by atoms with van der Waals surface area (Å²) < 4.78 is 0. The Hall–Kier alpha value is -1.45. The van der Waals surface area contributed by atoms with E-state index < -0.39 is 0 Å². The number of aromatic nitrogens is 1. The standard InChI is InChI=1S/C15H20N2O/c1-12(18)9-10-17(2)11-14-8-7-13-5-3-4-6-15(13)16-14/h3-8,12,18H,9-11H2,1-2H3. The first-order chi connectivity index (χ1) is 8.65. The monoisotopic (exact) mass is 244 g/mol. The van der Waals surface area contributed by atoms with Gasteiger partial charge in [-0.3, -0.25) is 4.98 Å². The molecule has 1 heterocycles. The summed E-state index contributed by atoms with van der Waals surface area (Å²) in [4.78, 5) is 6.82. The van der Waals surface area contributed by atoms with E-state index in [1.807, 2.05) is 25.1 Å². The SMILES string of the molecule is CC(O)CCN(C)Cc1ccc2ccccc2n1. The fourth-order valence-electron chi connectivity index (χ4n) is 1.96. The Balaban J connectivity index is 2.03. The van der Waals surface area contributed by atoms with Crippen LogP contribution in [0.25, 0.3) is 10.9 Å². The number of rotatable bonds is 5. The molecule has 0 radical (unpaired) electrons. The van der Waals surface area contributed by atoms with Gasteiger partial charge in [0.25, 0.3) is 0 Å². The molecule has 0 spiro atoms. The molecule has 0 amide bonds. The average molecular weight is 244 g/mol. The van der Waals surface area contributed by atoms with Crippen molar-refractivity contribution in [1.82, 2.24) is 9.88 Å². The molecule has 1 aromatic heterocycles. The van der Waals surface area contributed by atoms with Gasteiger partial charge in [-0.25, -0.2) is 0 Å². The Bertz CT molecular complexity index is 511. The van der Waals surface area contributed by atoms with Crippen LogP contribution < -0.4 is 0 Å². The smallest absolute Gasteiger partial charge is 0.0705 e. The molecule has 2 rings (SSSR count). The molecule has 1 aromatic carbocycles. The van der Waals surface area contributed by atoms with Gasteiger partial charge in [0.1, 0.15) is 0 Å². The van der Waals surface area contributed by atoms with Crippen LogP contribution >= 0.6 is 0 Å². The van der Waals surface area contributed by atoms with Crippen LogP contribution in [-0.2, 0) is 6.54 Å². The van der Waals surface area contributed by atoms with Gasteiger partial charge in [-0.1, -0.05) is 24.3 Å². The molecule has 3 nitrogen and oxygen atoms in total. The molecule has 0 fully saturated rings. The molecule has 0 saturated carbocycles. The highest BCUT2D eigenvalue weighted by molar-refractivity contribution is 5.78. The first-order valence-corrected chi connectivity index (χ1v) is 6.36. The lowest BCUT2D eigenvalue weighted by Crippen LogP contribution is -2.22. The molecule has 0 aliphatic carbocycles. The van der Waals surface area contributed by atoms with Crippen molar-refractivity contribution in [2.75, 3.05) is 13.6 Å². The van der Waals surface area contributed by atoms with Crippen LogP contribution in [0.5, 0.6) is 0 Å². The van der Waals surface area contributed by atoms with Crippen LogP contribution in [0, 0.1) is 0 Å². The number of nitrogens with zero attached hydrogens (tertiary/aromatic N) is 2. The predicted molar refractivity (Wildman–Crippen MR) is 74.4 cm³/mol. The first kappa shape index (κ1) is 13.0. The van der Waals surface area contributed by atoms with Crippen molar-refractivity contribution in [2.45, 2.75) is 26.0 Å². The molecule has 1 atom stereocenters. The maximum Gasteiger partial charge on any atom is 0.0705 e. The summed E-state index contributed by atoms with van der Waals surface area (Å²) in [7, 11) is 2.05. The zero-order valence-corrected chi connectivity index (χ0v) is 11.0. The van der Waals surface area contributed by atoms with Crippen LogP contribution in [0.3, 0.4) is 0 Å². The highest BCUT2D eigenvalue weighted by Gasteiger charge is 2.04. The van der Waals surface area contributed by atoms with E-state index >= 15 is 0 Å². The minimum Gasteiger partial charge on any atom is -0.393 e. The number of aliphatic hydroxyl groups excluding tert-OH is 1. The number of hydrogen-bond donors (Lipinski definition) is 1. The summed E-state index contributed by atoms with van der Waals surface area (Å²) in [6.07, 6.45) is 0.557. The number of pyridine rings is 1. The largest absolute Gasteiger partial charge is 0.393 e. The maximum atomic E-state index is 9.27. The van der Waals surface area contributed by atoms with E-state index in [0.717, 1.165) is 30.7 Å². The molecule has 2 aromatic rings. The molecule has 96 valence electrons. The second-order valence-corrected chi connectivity index (χ2v) is 4.87. The molecule has 0 saturated heterocycles. The van der Waals surface area contributed by atoms with Crippen molar-refractivity contribution in [3.8, 4) is 0 Å². The Morgan fingerprint density at radius 1 is 1.22 bits per heavy atom. The lowest BCUT2D eigenvalue weighted by atomic mass is 10.2. The van der Waals surface area contributed by atoms with E-state index in [1.54, 1.807) is 0 Å². The molecule has 0 bridgehead atoms. The molecule has 0 aliphatic rings. The van der Waals surface area contributed by atoms with Gasteiger partial charge in [-0.2, -0.15) is 0 Å². The van der Waals surface area contributed by atoms with E-state index in [9.17, 15) is 5.11 Å². The first-order valence-electron chi connectivity index (χ1n) is 6.36. The van der Waals surface area contributed by atoms with Gasteiger partial charge in [0.05, 0.1) is 17.3 Å². The van der Waals surface area contributed by atoms with Crippen molar-refractivity contribution in [3.63, 3.8) is 0 Å². The van der Waals surface area contributed by atoms with Gasteiger partial charge in [0, 0.05) is 18.5 Å². The van der Waals surface area contributed by atoms with Gasteiger partial charge < -0.3 is 10.0 Å². The van der Waals surface area contributed by atoms with E-state index in [0.29, 0.717) is 0 Å². The van der Waals surface area contributed by atoms with Crippen LogP contribution in [0.2, 0.25) is 0 Å². The van der Waals surface area contributed by atoms with Gasteiger partial charge in [0.15, 0.2) is 0 Å². The second-order valence-electron chi connectivity index (χ2n) is 4.87. The average Bonchev–Trinajstić information content (AvgIpc) is 2.36. The van der Waals surface area contributed by atoms with Crippen molar-refractivity contribution in [2.24, 2.45) is 0 Å². The third-order valence-electron chi connectivity index (χ3n) is 3.02. The highest BCUT2D eigenvalue weighted by atomic mass is 16.3. The quantitative estimate of drug-likeness (QED) is 0.877. The molecular weight excluding hydrogens is 224 g/mol. The van der Waals surface area contributed by atoms with Crippen LogP contribution in [0.15, 0.2) is 36.4 Å². The fourth-order valence-corrected chi connectivity index (χ4v) is 1.96. The zero-order chi connectivity index (χ0) is 13.0. The number of aliphatic hydroxyl groups is 1. The molecular formula is C15H20N2O. The van der Waals surface area contributed by atoms with Crippen molar-refractivity contribution in [1.29, 1.82) is 0 Å². The number of hydrogen-bond acceptors (Lipinski definition) is 3. The predicted octanol–water partition coefficient (Wildman–Crippen LogP) is 2.44.